The molecule has 0 amide bonds. The molecule has 31 heavy (non-hydrogen) atoms. The number of rotatable bonds is 3. The first-order valence-electron chi connectivity index (χ1n) is 9.83. The van der Waals surface area contributed by atoms with Gasteiger partial charge in [-0.2, -0.15) is 14.7 Å². The lowest BCUT2D eigenvalue weighted by molar-refractivity contribution is 0.0359. The van der Waals surface area contributed by atoms with Crippen molar-refractivity contribution in [3.63, 3.8) is 0 Å². The summed E-state index contributed by atoms with van der Waals surface area (Å²) >= 11 is 0. The number of nitriles is 1. The molecule has 0 bridgehead atoms. The van der Waals surface area contributed by atoms with Crippen LogP contribution in [0.15, 0.2) is 40.2 Å². The van der Waals surface area contributed by atoms with E-state index in [0.29, 0.717) is 47.6 Å². The Morgan fingerprint density at radius 1 is 1.35 bits per heavy atom. The molecule has 2 atom stereocenters. The molecule has 3 aromatic rings. The van der Waals surface area contributed by atoms with Crippen molar-refractivity contribution in [3.05, 3.63) is 46.4 Å². The fraction of sp³-hybridized carbons (Fsp3) is 0.350. The summed E-state index contributed by atoms with van der Waals surface area (Å²) in [6, 6.07) is 8.72. The van der Waals surface area contributed by atoms with Crippen LogP contribution in [0, 0.1) is 17.2 Å². The van der Waals surface area contributed by atoms with Crippen LogP contribution in [-0.4, -0.2) is 47.7 Å². The molecule has 1 saturated heterocycles. The van der Waals surface area contributed by atoms with Crippen molar-refractivity contribution in [1.29, 1.82) is 5.26 Å². The van der Waals surface area contributed by atoms with Gasteiger partial charge >= 0.3 is 0 Å². The summed E-state index contributed by atoms with van der Waals surface area (Å²) in [7, 11) is -1.91. The highest BCUT2D eigenvalue weighted by molar-refractivity contribution is 7.89. The maximum absolute atomic E-state index is 12.6. The first-order valence-corrected chi connectivity index (χ1v) is 11.3. The molecular formula is C20H20N6O4S. The molecule has 0 aliphatic carbocycles. The Morgan fingerprint density at radius 2 is 2.19 bits per heavy atom. The van der Waals surface area contributed by atoms with E-state index in [0.717, 1.165) is 0 Å². The molecule has 1 aromatic carbocycles. The Hall–Kier alpha value is -3.20. The number of aromatic amines is 1. The predicted molar refractivity (Wildman–Crippen MR) is 112 cm³/mol. The zero-order valence-corrected chi connectivity index (χ0v) is 17.5. The van der Waals surface area contributed by atoms with Crippen molar-refractivity contribution in [2.75, 3.05) is 25.6 Å². The van der Waals surface area contributed by atoms with Crippen LogP contribution in [0.5, 0.6) is 0 Å². The molecule has 5 rings (SSSR count). The summed E-state index contributed by atoms with van der Waals surface area (Å²) < 4.78 is 33.2. The second-order valence-electron chi connectivity index (χ2n) is 7.74. The van der Waals surface area contributed by atoms with Crippen molar-refractivity contribution in [3.8, 4) is 6.07 Å². The molecule has 2 aliphatic rings. The van der Waals surface area contributed by atoms with Gasteiger partial charge in [-0.1, -0.05) is 0 Å². The number of ether oxygens (including phenoxy) is 1. The van der Waals surface area contributed by atoms with E-state index >= 15 is 0 Å². The molecule has 0 spiro atoms. The molecule has 2 aromatic heterocycles. The maximum Gasteiger partial charge on any atom is 0.261 e. The molecule has 0 radical (unpaired) electrons. The van der Waals surface area contributed by atoms with Crippen LogP contribution in [0.1, 0.15) is 18.0 Å². The zero-order valence-electron chi connectivity index (χ0n) is 16.7. The quantitative estimate of drug-likeness (QED) is 0.633. The van der Waals surface area contributed by atoms with Crippen LogP contribution >= 0.6 is 0 Å². The second-order valence-corrected chi connectivity index (χ2v) is 9.75. The number of hydrogen-bond donors (Lipinski definition) is 2. The topological polar surface area (TPSA) is 133 Å². The monoisotopic (exact) mass is 440 g/mol. The van der Waals surface area contributed by atoms with E-state index in [9.17, 15) is 18.5 Å². The highest BCUT2D eigenvalue weighted by Gasteiger charge is 2.32. The number of H-pyrrole nitrogens is 1. The first kappa shape index (κ1) is 19.7. The molecule has 1 fully saturated rings. The van der Waals surface area contributed by atoms with Crippen LogP contribution in [0.25, 0.3) is 10.9 Å². The van der Waals surface area contributed by atoms with E-state index in [1.807, 2.05) is 0 Å². The fourth-order valence-corrected chi connectivity index (χ4v) is 5.56. The van der Waals surface area contributed by atoms with Crippen molar-refractivity contribution in [2.24, 2.45) is 5.92 Å². The average molecular weight is 440 g/mol. The van der Waals surface area contributed by atoms with E-state index in [1.165, 1.54) is 11.4 Å². The third kappa shape index (κ3) is 3.11. The number of nitrogens with one attached hydrogen (secondary N) is 2. The summed E-state index contributed by atoms with van der Waals surface area (Å²) in [5, 5.41) is 17.7. The van der Waals surface area contributed by atoms with Crippen LogP contribution in [0.4, 0.5) is 11.5 Å². The van der Waals surface area contributed by atoms with Gasteiger partial charge in [0.05, 0.1) is 35.0 Å². The number of aromatic nitrogens is 3. The molecule has 160 valence electrons. The Bertz CT molecular complexity index is 1390. The van der Waals surface area contributed by atoms with E-state index in [-0.39, 0.29) is 29.0 Å². The van der Waals surface area contributed by atoms with Gasteiger partial charge in [-0.25, -0.2) is 8.42 Å². The zero-order chi connectivity index (χ0) is 21.8. The van der Waals surface area contributed by atoms with Crippen molar-refractivity contribution in [1.82, 2.24) is 19.1 Å². The highest BCUT2D eigenvalue weighted by atomic mass is 32.2. The minimum Gasteiger partial charge on any atom is -0.379 e. The van der Waals surface area contributed by atoms with Gasteiger partial charge in [0.25, 0.3) is 5.56 Å². The number of anilines is 2. The van der Waals surface area contributed by atoms with E-state index in [2.05, 4.69) is 21.5 Å². The standard InChI is InChI=1S/C20H20N6O4S/c1-25-10-13-8-14(2-3-17(13)31(25,28)29)23-19-18-15(4-6-22-20(18)27)26(24-19)16-11-30-7-5-12(16)9-21/h2-4,6,8,12,16H,5,7,10-11H2,1H3,(H,22,27)(H,23,24)/t12?,16-/m0/s1. The smallest absolute Gasteiger partial charge is 0.261 e. The van der Waals surface area contributed by atoms with E-state index < -0.39 is 10.0 Å². The third-order valence-corrected chi connectivity index (χ3v) is 7.74. The van der Waals surface area contributed by atoms with Crippen LogP contribution in [0.3, 0.4) is 0 Å². The second kappa shape index (κ2) is 7.19. The van der Waals surface area contributed by atoms with Gasteiger partial charge in [0.2, 0.25) is 10.0 Å². The minimum atomic E-state index is -3.45. The molecule has 2 N–H and O–H groups in total. The number of benzene rings is 1. The maximum atomic E-state index is 12.6. The van der Waals surface area contributed by atoms with Crippen molar-refractivity contribution in [2.45, 2.75) is 23.9 Å². The largest absolute Gasteiger partial charge is 0.379 e. The molecular weight excluding hydrogens is 420 g/mol. The lowest BCUT2D eigenvalue weighted by Gasteiger charge is -2.27. The molecule has 11 heteroatoms. The number of nitrogens with zero attached hydrogens (tertiary/aromatic N) is 4. The Kier molecular flexibility index (Phi) is 4.58. The van der Waals surface area contributed by atoms with Gasteiger partial charge in [-0.3, -0.25) is 9.48 Å². The van der Waals surface area contributed by atoms with Crippen LogP contribution in [0.2, 0.25) is 0 Å². The van der Waals surface area contributed by atoms with Crippen molar-refractivity contribution < 1.29 is 13.2 Å². The number of fused-ring (bicyclic) bond motifs is 2. The SMILES string of the molecule is CN1Cc2cc(Nc3nn([C@H]4COCCC4C#N)c4cc[nH]c(=O)c34)ccc2S1(=O)=O. The van der Waals surface area contributed by atoms with Crippen LogP contribution < -0.4 is 10.9 Å². The third-order valence-electron chi connectivity index (χ3n) is 5.84. The van der Waals surface area contributed by atoms with Gasteiger partial charge in [0.15, 0.2) is 5.82 Å². The van der Waals surface area contributed by atoms with E-state index in [4.69, 9.17) is 4.74 Å². The predicted octanol–water partition coefficient (Wildman–Crippen LogP) is 1.70. The lowest BCUT2D eigenvalue weighted by atomic mass is 9.96. The number of hydrogen-bond acceptors (Lipinski definition) is 7. The molecule has 0 saturated carbocycles. The lowest BCUT2D eigenvalue weighted by Crippen LogP contribution is -2.30. The van der Waals surface area contributed by atoms with Gasteiger partial charge < -0.3 is 15.0 Å². The summed E-state index contributed by atoms with van der Waals surface area (Å²) in [6.45, 7) is 1.14. The Balaban J connectivity index is 1.58. The molecule has 2 aliphatic heterocycles. The first-order chi connectivity index (χ1) is 14.9. The van der Waals surface area contributed by atoms with Gasteiger partial charge in [0.1, 0.15) is 5.39 Å². The normalized spacial score (nSPS) is 22.8. The summed E-state index contributed by atoms with van der Waals surface area (Å²) in [4.78, 5) is 15.6. The summed E-state index contributed by atoms with van der Waals surface area (Å²) in [5.41, 5.74) is 1.59. The van der Waals surface area contributed by atoms with Gasteiger partial charge in [0, 0.05) is 32.1 Å². The number of sulfonamides is 1. The molecule has 1 unspecified atom stereocenters. The van der Waals surface area contributed by atoms with Gasteiger partial charge in [-0.15, -0.1) is 0 Å². The average Bonchev–Trinajstić information content (AvgIpc) is 3.23. The fourth-order valence-electron chi connectivity index (χ4n) is 4.22. The van der Waals surface area contributed by atoms with Crippen LogP contribution in [-0.2, 0) is 21.3 Å². The molecule has 10 nitrogen and oxygen atoms in total. The highest BCUT2D eigenvalue weighted by Crippen LogP contribution is 2.34. The Morgan fingerprint density at radius 3 is 3.00 bits per heavy atom. The number of pyridine rings is 1. The molecule has 4 heterocycles. The van der Waals surface area contributed by atoms with E-state index in [1.54, 1.807) is 35.1 Å². The summed E-state index contributed by atoms with van der Waals surface area (Å²) in [5.74, 6) is 0.0676. The summed E-state index contributed by atoms with van der Waals surface area (Å²) in [6.07, 6.45) is 2.15. The van der Waals surface area contributed by atoms with Crippen molar-refractivity contribution >= 4 is 32.4 Å². The van der Waals surface area contributed by atoms with Gasteiger partial charge in [-0.05, 0) is 36.2 Å². The minimum absolute atomic E-state index is 0.273. The Labute approximate surface area is 178 Å².